The summed E-state index contributed by atoms with van der Waals surface area (Å²) in [6.45, 7) is 1.05. The fraction of sp³-hybridized carbons (Fsp3) is 0.562. The second kappa shape index (κ2) is 7.89. The van der Waals surface area contributed by atoms with Crippen LogP contribution in [0.1, 0.15) is 30.9 Å². The molecule has 1 saturated carbocycles. The van der Waals surface area contributed by atoms with E-state index < -0.39 is 6.10 Å². The molecule has 0 aromatic heterocycles. The summed E-state index contributed by atoms with van der Waals surface area (Å²) in [4.78, 5) is 4.19. The smallest absolute Gasteiger partial charge is 0.188 e. The van der Waals surface area contributed by atoms with Crippen molar-refractivity contribution in [2.45, 2.75) is 25.4 Å². The van der Waals surface area contributed by atoms with Crippen LogP contribution in [-0.4, -0.2) is 38.4 Å². The Morgan fingerprint density at radius 2 is 1.95 bits per heavy atom. The maximum absolute atomic E-state index is 10.2. The summed E-state index contributed by atoms with van der Waals surface area (Å²) in [6.07, 6.45) is 3.06. The van der Waals surface area contributed by atoms with E-state index in [1.165, 1.54) is 19.3 Å². The lowest BCUT2D eigenvalue weighted by Gasteiger charge is -2.25. The quantitative estimate of drug-likeness (QED) is 0.524. The molecule has 6 nitrogen and oxygen atoms in total. The minimum absolute atomic E-state index is 0.194. The molecule has 2 rings (SSSR count). The van der Waals surface area contributed by atoms with Crippen molar-refractivity contribution in [3.8, 4) is 11.5 Å². The van der Waals surface area contributed by atoms with Gasteiger partial charge in [0, 0.05) is 12.6 Å². The molecule has 0 amide bonds. The number of guanidine groups is 1. The minimum Gasteiger partial charge on any atom is -0.497 e. The predicted octanol–water partition coefficient (Wildman–Crippen LogP) is 1.44. The third-order valence-corrected chi connectivity index (χ3v) is 3.99. The maximum Gasteiger partial charge on any atom is 0.188 e. The fourth-order valence-electron chi connectivity index (χ4n) is 2.31. The second-order valence-corrected chi connectivity index (χ2v) is 5.57. The highest BCUT2D eigenvalue weighted by molar-refractivity contribution is 5.77. The number of aliphatic hydroxyl groups is 1. The van der Waals surface area contributed by atoms with Gasteiger partial charge in [-0.2, -0.15) is 0 Å². The van der Waals surface area contributed by atoms with Crippen molar-refractivity contribution < 1.29 is 14.6 Å². The van der Waals surface area contributed by atoms with Crippen LogP contribution < -0.4 is 20.5 Å². The third kappa shape index (κ3) is 4.53. The van der Waals surface area contributed by atoms with Crippen LogP contribution in [0.15, 0.2) is 23.2 Å². The number of ether oxygens (including phenoxy) is 2. The summed E-state index contributed by atoms with van der Waals surface area (Å²) in [5.74, 6) is 2.35. The number of nitrogens with two attached hydrogens (primary N) is 1. The van der Waals surface area contributed by atoms with Gasteiger partial charge in [0.25, 0.3) is 0 Å². The van der Waals surface area contributed by atoms with Gasteiger partial charge in [-0.15, -0.1) is 0 Å². The zero-order valence-electron chi connectivity index (χ0n) is 13.2. The van der Waals surface area contributed by atoms with Crippen molar-refractivity contribution in [3.63, 3.8) is 0 Å². The molecule has 0 spiro atoms. The van der Waals surface area contributed by atoms with Crippen molar-refractivity contribution >= 4 is 5.96 Å². The first-order valence-electron chi connectivity index (χ1n) is 7.57. The normalized spacial score (nSPS) is 16.8. The highest BCUT2D eigenvalue weighted by atomic mass is 16.5. The van der Waals surface area contributed by atoms with Crippen LogP contribution in [0.5, 0.6) is 11.5 Å². The third-order valence-electron chi connectivity index (χ3n) is 3.99. The Balaban J connectivity index is 1.91. The average Bonchev–Trinajstić information content (AvgIpc) is 2.50. The van der Waals surface area contributed by atoms with Gasteiger partial charge >= 0.3 is 0 Å². The van der Waals surface area contributed by atoms with Crippen molar-refractivity contribution in [1.82, 2.24) is 5.32 Å². The number of hydrogen-bond donors (Lipinski definition) is 3. The number of aliphatic hydroxyl groups excluding tert-OH is 1. The maximum atomic E-state index is 10.2. The van der Waals surface area contributed by atoms with Gasteiger partial charge in [0.1, 0.15) is 11.5 Å². The molecule has 0 heterocycles. The van der Waals surface area contributed by atoms with Gasteiger partial charge < -0.3 is 25.6 Å². The summed E-state index contributed by atoms with van der Waals surface area (Å²) < 4.78 is 10.4. The number of nitrogens with zero attached hydrogens (tertiary/aromatic N) is 1. The molecule has 1 unspecified atom stereocenters. The summed E-state index contributed by atoms with van der Waals surface area (Å²) in [7, 11) is 3.15. The molecule has 1 aromatic carbocycles. The van der Waals surface area contributed by atoms with E-state index in [1.54, 1.807) is 32.4 Å². The molecule has 4 N–H and O–H groups in total. The first-order valence-corrected chi connectivity index (χ1v) is 7.57. The van der Waals surface area contributed by atoms with Crippen LogP contribution in [0.4, 0.5) is 0 Å². The van der Waals surface area contributed by atoms with Gasteiger partial charge in [-0.25, -0.2) is 0 Å². The molecule has 6 heteroatoms. The van der Waals surface area contributed by atoms with E-state index in [0.29, 0.717) is 28.9 Å². The summed E-state index contributed by atoms with van der Waals surface area (Å²) in [6, 6.07) is 5.29. The molecule has 1 aliphatic rings. The topological polar surface area (TPSA) is 89.1 Å². The Labute approximate surface area is 131 Å². The molecule has 0 radical (unpaired) electrons. The standard InChI is InChI=1S/C16H25N3O3/c1-21-13-6-12(7-14(8-13)22-2)15(20)10-19-16(17)18-9-11-4-3-5-11/h6-8,11,15,20H,3-5,9-10H2,1-2H3,(H3,17,18,19). The molecule has 22 heavy (non-hydrogen) atoms. The highest BCUT2D eigenvalue weighted by Gasteiger charge is 2.17. The number of nitrogens with one attached hydrogen (secondary N) is 1. The number of hydrogen-bond acceptors (Lipinski definition) is 4. The van der Waals surface area contributed by atoms with Crippen LogP contribution in [0.25, 0.3) is 0 Å². The van der Waals surface area contributed by atoms with E-state index in [4.69, 9.17) is 15.2 Å². The Hall–Kier alpha value is -1.95. The second-order valence-electron chi connectivity index (χ2n) is 5.57. The van der Waals surface area contributed by atoms with Gasteiger partial charge in [-0.05, 0) is 36.5 Å². The van der Waals surface area contributed by atoms with Crippen molar-refractivity contribution in [2.75, 3.05) is 27.3 Å². The molecule has 1 fully saturated rings. The molecular formula is C16H25N3O3. The largest absolute Gasteiger partial charge is 0.497 e. The molecule has 1 aromatic rings. The highest BCUT2D eigenvalue weighted by Crippen LogP contribution is 2.27. The molecule has 1 atom stereocenters. The minimum atomic E-state index is -0.756. The monoisotopic (exact) mass is 307 g/mol. The van der Waals surface area contributed by atoms with Crippen molar-refractivity contribution in [2.24, 2.45) is 16.6 Å². The molecule has 1 aliphatic carbocycles. The van der Waals surface area contributed by atoms with Crippen LogP contribution in [-0.2, 0) is 0 Å². The first kappa shape index (κ1) is 16.4. The SMILES string of the molecule is COc1cc(OC)cc(C(O)CN=C(N)NCC2CCC2)c1. The number of aliphatic imine (C=N–C) groups is 1. The van der Waals surface area contributed by atoms with E-state index in [-0.39, 0.29) is 6.54 Å². The van der Waals surface area contributed by atoms with Crippen molar-refractivity contribution in [1.29, 1.82) is 0 Å². The number of benzene rings is 1. The van der Waals surface area contributed by atoms with E-state index in [2.05, 4.69) is 10.3 Å². The molecular weight excluding hydrogens is 282 g/mol. The number of methoxy groups -OCH3 is 2. The average molecular weight is 307 g/mol. The number of rotatable bonds is 7. The van der Waals surface area contributed by atoms with Crippen LogP contribution in [0.3, 0.4) is 0 Å². The van der Waals surface area contributed by atoms with Gasteiger partial charge in [-0.1, -0.05) is 6.42 Å². The van der Waals surface area contributed by atoms with Gasteiger partial charge in [0.15, 0.2) is 5.96 Å². The van der Waals surface area contributed by atoms with E-state index >= 15 is 0 Å². The first-order chi connectivity index (χ1) is 10.6. The molecule has 0 bridgehead atoms. The lowest BCUT2D eigenvalue weighted by molar-refractivity contribution is 0.186. The molecule has 0 saturated heterocycles. The van der Waals surface area contributed by atoms with Gasteiger partial charge in [-0.3, -0.25) is 4.99 Å². The van der Waals surface area contributed by atoms with Gasteiger partial charge in [0.2, 0.25) is 0 Å². The van der Waals surface area contributed by atoms with Crippen LogP contribution in [0, 0.1) is 5.92 Å². The fourth-order valence-corrected chi connectivity index (χ4v) is 2.31. The predicted molar refractivity (Wildman–Crippen MR) is 86.3 cm³/mol. The zero-order valence-corrected chi connectivity index (χ0v) is 13.2. The summed E-state index contributed by atoms with van der Waals surface area (Å²) in [5, 5.41) is 13.3. The Morgan fingerprint density at radius 1 is 1.32 bits per heavy atom. The van der Waals surface area contributed by atoms with Crippen LogP contribution >= 0.6 is 0 Å². The molecule has 122 valence electrons. The van der Waals surface area contributed by atoms with E-state index in [9.17, 15) is 5.11 Å². The lowest BCUT2D eigenvalue weighted by atomic mass is 9.85. The Kier molecular flexibility index (Phi) is 5.89. The molecule has 0 aliphatic heterocycles. The summed E-state index contributed by atoms with van der Waals surface area (Å²) in [5.41, 5.74) is 6.50. The van der Waals surface area contributed by atoms with E-state index in [0.717, 1.165) is 6.54 Å². The van der Waals surface area contributed by atoms with E-state index in [1.807, 2.05) is 0 Å². The van der Waals surface area contributed by atoms with Crippen LogP contribution in [0.2, 0.25) is 0 Å². The Morgan fingerprint density at radius 3 is 2.45 bits per heavy atom. The van der Waals surface area contributed by atoms with Gasteiger partial charge in [0.05, 0.1) is 26.9 Å². The summed E-state index contributed by atoms with van der Waals surface area (Å²) >= 11 is 0. The zero-order chi connectivity index (χ0) is 15.9. The van der Waals surface area contributed by atoms with Crippen molar-refractivity contribution in [3.05, 3.63) is 23.8 Å². The Bertz CT molecular complexity index is 493. The lowest BCUT2D eigenvalue weighted by Crippen LogP contribution is -2.37.